The maximum absolute atomic E-state index is 5.92. The van der Waals surface area contributed by atoms with E-state index >= 15 is 0 Å². The predicted octanol–water partition coefficient (Wildman–Crippen LogP) is 3.89. The molecule has 2 rings (SSSR count). The molecule has 2 nitrogen and oxygen atoms in total. The van der Waals surface area contributed by atoms with Crippen molar-refractivity contribution in [2.75, 3.05) is 6.54 Å². The van der Waals surface area contributed by atoms with Crippen LogP contribution in [0.3, 0.4) is 0 Å². The van der Waals surface area contributed by atoms with Crippen molar-refractivity contribution in [3.63, 3.8) is 0 Å². The van der Waals surface area contributed by atoms with Crippen molar-refractivity contribution in [1.29, 1.82) is 0 Å². The van der Waals surface area contributed by atoms with Crippen LogP contribution in [0.4, 0.5) is 0 Å². The lowest BCUT2D eigenvalue weighted by molar-refractivity contribution is 0.303. The maximum Gasteiger partial charge on any atom is 0.122 e. The second-order valence-electron chi connectivity index (χ2n) is 5.13. The van der Waals surface area contributed by atoms with Crippen LogP contribution in [0, 0.1) is 0 Å². The van der Waals surface area contributed by atoms with Crippen molar-refractivity contribution in [1.82, 2.24) is 0 Å². The second kappa shape index (κ2) is 7.11. The minimum Gasteiger partial charge on any atom is -0.489 e. The summed E-state index contributed by atoms with van der Waals surface area (Å²) in [5.74, 6) is 1.39. The van der Waals surface area contributed by atoms with Crippen LogP contribution in [0.15, 0.2) is 48.5 Å². The van der Waals surface area contributed by atoms with E-state index in [1.54, 1.807) is 0 Å². The highest BCUT2D eigenvalue weighted by Crippen LogP contribution is 2.20. The Balaban J connectivity index is 2.00. The van der Waals surface area contributed by atoms with E-state index in [0.717, 1.165) is 12.2 Å². The van der Waals surface area contributed by atoms with Gasteiger partial charge in [0.25, 0.3) is 0 Å². The van der Waals surface area contributed by atoms with Gasteiger partial charge in [0.15, 0.2) is 0 Å². The summed E-state index contributed by atoms with van der Waals surface area (Å²) in [5, 5.41) is 0. The summed E-state index contributed by atoms with van der Waals surface area (Å²) in [6, 6.07) is 16.7. The zero-order chi connectivity index (χ0) is 14.4. The molecule has 0 bridgehead atoms. The molecule has 0 radical (unpaired) electrons. The van der Waals surface area contributed by atoms with Gasteiger partial charge in [-0.25, -0.2) is 0 Å². The number of hydrogen-bond donors (Lipinski definition) is 1. The number of ether oxygens (including phenoxy) is 1. The van der Waals surface area contributed by atoms with E-state index in [4.69, 9.17) is 10.5 Å². The Bertz CT molecular complexity index is 533. The normalized spacial score (nSPS) is 12.2. The first-order chi connectivity index (χ1) is 9.74. The Morgan fingerprint density at radius 2 is 1.75 bits per heavy atom. The summed E-state index contributed by atoms with van der Waals surface area (Å²) < 4.78 is 5.92. The summed E-state index contributed by atoms with van der Waals surface area (Å²) >= 11 is 0. The molecule has 0 aromatic heterocycles. The van der Waals surface area contributed by atoms with Crippen LogP contribution in [-0.2, 0) is 13.0 Å². The lowest BCUT2D eigenvalue weighted by Crippen LogP contribution is -2.08. The summed E-state index contributed by atoms with van der Waals surface area (Å²) in [5.41, 5.74) is 9.40. The molecule has 2 aromatic rings. The van der Waals surface area contributed by atoms with Gasteiger partial charge in [-0.3, -0.25) is 0 Å². The molecule has 0 saturated heterocycles. The summed E-state index contributed by atoms with van der Waals surface area (Å²) in [4.78, 5) is 0. The number of rotatable bonds is 6. The van der Waals surface area contributed by atoms with Gasteiger partial charge in [0, 0.05) is 0 Å². The highest BCUT2D eigenvalue weighted by Gasteiger charge is 2.04. The van der Waals surface area contributed by atoms with Gasteiger partial charge in [0.1, 0.15) is 12.4 Å². The Hall–Kier alpha value is -1.80. The fraction of sp³-hybridized carbons (Fsp3) is 0.333. The molecule has 2 N–H and O–H groups in total. The smallest absolute Gasteiger partial charge is 0.122 e. The number of hydrogen-bond acceptors (Lipinski definition) is 2. The van der Waals surface area contributed by atoms with Gasteiger partial charge in [-0.2, -0.15) is 0 Å². The highest BCUT2D eigenvalue weighted by atomic mass is 16.5. The van der Waals surface area contributed by atoms with E-state index < -0.39 is 0 Å². The molecule has 0 aliphatic rings. The molecular formula is C18H23NO. The van der Waals surface area contributed by atoms with E-state index in [-0.39, 0.29) is 0 Å². The van der Waals surface area contributed by atoms with Gasteiger partial charge in [-0.15, -0.1) is 0 Å². The molecular weight excluding hydrogens is 246 g/mol. The van der Waals surface area contributed by atoms with E-state index in [1.165, 1.54) is 16.7 Å². The molecule has 106 valence electrons. The Kier molecular flexibility index (Phi) is 5.19. The molecule has 0 aliphatic carbocycles. The summed E-state index contributed by atoms with van der Waals surface area (Å²) in [6.45, 7) is 5.57. The standard InChI is InChI=1S/C18H23NO/c1-3-16-6-4-5-7-18(16)20-13-15-8-10-17(11-9-15)14(2)12-19/h4-11,14H,3,12-13,19H2,1-2H3. The third-order valence-corrected chi connectivity index (χ3v) is 3.65. The lowest BCUT2D eigenvalue weighted by Gasteiger charge is -2.12. The summed E-state index contributed by atoms with van der Waals surface area (Å²) in [6.07, 6.45) is 0.989. The molecule has 0 aliphatic heterocycles. The van der Waals surface area contributed by atoms with Gasteiger partial charge in [0.05, 0.1) is 0 Å². The van der Waals surface area contributed by atoms with Crippen LogP contribution in [0.5, 0.6) is 5.75 Å². The molecule has 2 aromatic carbocycles. The van der Waals surface area contributed by atoms with Crippen molar-refractivity contribution in [2.24, 2.45) is 5.73 Å². The van der Waals surface area contributed by atoms with Gasteiger partial charge in [-0.05, 0) is 41.6 Å². The maximum atomic E-state index is 5.92. The van der Waals surface area contributed by atoms with E-state index in [0.29, 0.717) is 19.1 Å². The third-order valence-electron chi connectivity index (χ3n) is 3.65. The minimum atomic E-state index is 0.408. The molecule has 1 atom stereocenters. The first kappa shape index (κ1) is 14.6. The van der Waals surface area contributed by atoms with Crippen LogP contribution in [0.25, 0.3) is 0 Å². The highest BCUT2D eigenvalue weighted by molar-refractivity contribution is 5.33. The molecule has 2 heteroatoms. The first-order valence-corrected chi connectivity index (χ1v) is 7.24. The van der Waals surface area contributed by atoms with Crippen LogP contribution in [0.1, 0.15) is 36.5 Å². The molecule has 0 amide bonds. The molecule has 0 saturated carbocycles. The molecule has 1 unspecified atom stereocenters. The van der Waals surface area contributed by atoms with Crippen LogP contribution in [-0.4, -0.2) is 6.54 Å². The zero-order valence-corrected chi connectivity index (χ0v) is 12.3. The van der Waals surface area contributed by atoms with Gasteiger partial charge >= 0.3 is 0 Å². The van der Waals surface area contributed by atoms with Crippen molar-refractivity contribution in [2.45, 2.75) is 32.8 Å². The number of para-hydroxylation sites is 1. The van der Waals surface area contributed by atoms with Crippen molar-refractivity contribution >= 4 is 0 Å². The van der Waals surface area contributed by atoms with Crippen molar-refractivity contribution in [3.05, 3.63) is 65.2 Å². The quantitative estimate of drug-likeness (QED) is 0.863. The number of aryl methyl sites for hydroxylation is 1. The molecule has 0 heterocycles. The average Bonchev–Trinajstić information content (AvgIpc) is 2.53. The molecule has 0 fully saturated rings. The lowest BCUT2D eigenvalue weighted by atomic mass is 10.0. The molecule has 0 spiro atoms. The fourth-order valence-electron chi connectivity index (χ4n) is 2.18. The number of nitrogens with two attached hydrogens (primary N) is 1. The number of benzene rings is 2. The van der Waals surface area contributed by atoms with Crippen LogP contribution >= 0.6 is 0 Å². The van der Waals surface area contributed by atoms with Crippen LogP contribution in [0.2, 0.25) is 0 Å². The predicted molar refractivity (Wildman–Crippen MR) is 84.1 cm³/mol. The van der Waals surface area contributed by atoms with E-state index in [9.17, 15) is 0 Å². The SMILES string of the molecule is CCc1ccccc1OCc1ccc(C(C)CN)cc1. The fourth-order valence-corrected chi connectivity index (χ4v) is 2.18. The van der Waals surface area contributed by atoms with E-state index in [2.05, 4.69) is 50.2 Å². The minimum absolute atomic E-state index is 0.408. The zero-order valence-electron chi connectivity index (χ0n) is 12.3. The van der Waals surface area contributed by atoms with Gasteiger partial charge < -0.3 is 10.5 Å². The largest absolute Gasteiger partial charge is 0.489 e. The first-order valence-electron chi connectivity index (χ1n) is 7.24. The topological polar surface area (TPSA) is 35.2 Å². The van der Waals surface area contributed by atoms with Crippen LogP contribution < -0.4 is 10.5 Å². The van der Waals surface area contributed by atoms with Crippen molar-refractivity contribution in [3.8, 4) is 5.75 Å². The summed E-state index contributed by atoms with van der Waals surface area (Å²) in [7, 11) is 0. The third kappa shape index (κ3) is 3.61. The van der Waals surface area contributed by atoms with Gasteiger partial charge in [-0.1, -0.05) is 56.3 Å². The molecule has 20 heavy (non-hydrogen) atoms. The Morgan fingerprint density at radius 3 is 2.40 bits per heavy atom. The Labute approximate surface area is 121 Å². The van der Waals surface area contributed by atoms with E-state index in [1.807, 2.05) is 12.1 Å². The average molecular weight is 269 g/mol. The van der Waals surface area contributed by atoms with Crippen molar-refractivity contribution < 1.29 is 4.74 Å². The second-order valence-corrected chi connectivity index (χ2v) is 5.13. The Morgan fingerprint density at radius 1 is 1.05 bits per heavy atom. The monoisotopic (exact) mass is 269 g/mol. The van der Waals surface area contributed by atoms with Gasteiger partial charge in [0.2, 0.25) is 0 Å².